The number of aryl methyl sites for hydroxylation is 1. The number of nitrogens with one attached hydrogen (secondary N) is 2. The Morgan fingerprint density at radius 1 is 1.32 bits per heavy atom. The van der Waals surface area contributed by atoms with E-state index in [4.69, 9.17) is 5.11 Å². The summed E-state index contributed by atoms with van der Waals surface area (Å²) in [4.78, 5) is 22.1. The lowest BCUT2D eigenvalue weighted by atomic mass is 10.1. The number of carboxylic acid groups (broad SMARTS) is 1. The van der Waals surface area contributed by atoms with E-state index in [1.807, 2.05) is 26.8 Å². The van der Waals surface area contributed by atoms with Crippen molar-refractivity contribution in [3.63, 3.8) is 0 Å². The highest BCUT2D eigenvalue weighted by Crippen LogP contribution is 2.17. The standard InChI is InChI=1S/C14H18N2O3/c1-9(2)15-14(19)16-12-8-11(5-4-10(12)3)6-7-13(17)18/h4-9H,1-3H3,(H,17,18)(H2,15,16,19)/b7-6+. The van der Waals surface area contributed by atoms with Gasteiger partial charge in [-0.1, -0.05) is 12.1 Å². The van der Waals surface area contributed by atoms with Crippen molar-refractivity contribution in [3.8, 4) is 0 Å². The Morgan fingerprint density at radius 3 is 2.58 bits per heavy atom. The van der Waals surface area contributed by atoms with Crippen molar-refractivity contribution in [2.75, 3.05) is 5.32 Å². The monoisotopic (exact) mass is 262 g/mol. The lowest BCUT2D eigenvalue weighted by Gasteiger charge is -2.12. The molecule has 5 heteroatoms. The molecule has 0 aliphatic rings. The Labute approximate surface area is 112 Å². The van der Waals surface area contributed by atoms with Crippen LogP contribution < -0.4 is 10.6 Å². The number of carboxylic acids is 1. The highest BCUT2D eigenvalue weighted by Gasteiger charge is 2.06. The lowest BCUT2D eigenvalue weighted by molar-refractivity contribution is -0.131. The molecule has 102 valence electrons. The molecule has 0 spiro atoms. The molecule has 0 saturated carbocycles. The number of amides is 2. The highest BCUT2D eigenvalue weighted by atomic mass is 16.4. The van der Waals surface area contributed by atoms with Gasteiger partial charge in [0.05, 0.1) is 0 Å². The summed E-state index contributed by atoms with van der Waals surface area (Å²) in [5.74, 6) is -1.01. The van der Waals surface area contributed by atoms with Crippen molar-refractivity contribution < 1.29 is 14.7 Å². The van der Waals surface area contributed by atoms with Crippen molar-refractivity contribution in [2.24, 2.45) is 0 Å². The normalized spacial score (nSPS) is 10.7. The number of carbonyl (C=O) groups excluding carboxylic acids is 1. The molecule has 1 aromatic carbocycles. The molecule has 5 nitrogen and oxygen atoms in total. The maximum atomic E-state index is 11.6. The first-order chi connectivity index (χ1) is 8.88. The third-order valence-electron chi connectivity index (χ3n) is 2.35. The van der Waals surface area contributed by atoms with Gasteiger partial charge in [0.15, 0.2) is 0 Å². The van der Waals surface area contributed by atoms with Crippen molar-refractivity contribution in [1.29, 1.82) is 0 Å². The zero-order valence-corrected chi connectivity index (χ0v) is 11.2. The van der Waals surface area contributed by atoms with Crippen molar-refractivity contribution in [3.05, 3.63) is 35.4 Å². The van der Waals surface area contributed by atoms with Crippen LogP contribution in [-0.2, 0) is 4.79 Å². The van der Waals surface area contributed by atoms with E-state index in [1.54, 1.807) is 12.1 Å². The average Bonchev–Trinajstić information content (AvgIpc) is 2.29. The lowest BCUT2D eigenvalue weighted by Crippen LogP contribution is -2.34. The van der Waals surface area contributed by atoms with Gasteiger partial charge in [-0.3, -0.25) is 0 Å². The summed E-state index contributed by atoms with van der Waals surface area (Å²) in [7, 11) is 0. The molecule has 3 N–H and O–H groups in total. The van der Waals surface area contributed by atoms with Crippen LogP contribution in [-0.4, -0.2) is 23.1 Å². The van der Waals surface area contributed by atoms with E-state index in [2.05, 4.69) is 10.6 Å². The van der Waals surface area contributed by atoms with Crippen LogP contribution in [0.3, 0.4) is 0 Å². The number of anilines is 1. The van der Waals surface area contributed by atoms with E-state index < -0.39 is 5.97 Å². The van der Waals surface area contributed by atoms with Gasteiger partial charge >= 0.3 is 12.0 Å². The quantitative estimate of drug-likeness (QED) is 0.730. The van der Waals surface area contributed by atoms with Gasteiger partial charge in [0.25, 0.3) is 0 Å². The van der Waals surface area contributed by atoms with E-state index in [9.17, 15) is 9.59 Å². The summed E-state index contributed by atoms with van der Waals surface area (Å²) in [6, 6.07) is 5.12. The third kappa shape index (κ3) is 5.25. The highest BCUT2D eigenvalue weighted by molar-refractivity contribution is 5.91. The first-order valence-electron chi connectivity index (χ1n) is 5.97. The van der Waals surface area contributed by atoms with Crippen molar-refractivity contribution in [1.82, 2.24) is 5.32 Å². The minimum absolute atomic E-state index is 0.0513. The zero-order valence-electron chi connectivity index (χ0n) is 11.2. The average molecular weight is 262 g/mol. The van der Waals surface area contributed by atoms with Gasteiger partial charge in [-0.25, -0.2) is 9.59 Å². The van der Waals surface area contributed by atoms with Crippen molar-refractivity contribution in [2.45, 2.75) is 26.8 Å². The molecule has 0 aliphatic heterocycles. The molecule has 1 rings (SSSR count). The van der Waals surface area contributed by atoms with Crippen LogP contribution in [0.4, 0.5) is 10.5 Å². The fraction of sp³-hybridized carbons (Fsp3) is 0.286. The zero-order chi connectivity index (χ0) is 14.4. The van der Waals surface area contributed by atoms with Crippen LogP contribution in [0.1, 0.15) is 25.0 Å². The van der Waals surface area contributed by atoms with Crippen LogP contribution in [0.2, 0.25) is 0 Å². The van der Waals surface area contributed by atoms with Gasteiger partial charge in [0.1, 0.15) is 0 Å². The second-order valence-corrected chi connectivity index (χ2v) is 4.50. The minimum atomic E-state index is -1.01. The van der Waals surface area contributed by atoms with Crippen molar-refractivity contribution >= 4 is 23.8 Å². The third-order valence-corrected chi connectivity index (χ3v) is 2.35. The Balaban J connectivity index is 2.85. The molecule has 0 unspecified atom stereocenters. The van der Waals surface area contributed by atoms with Gasteiger partial charge < -0.3 is 15.7 Å². The predicted octanol–water partition coefficient (Wildman–Crippen LogP) is 2.62. The van der Waals surface area contributed by atoms with Crippen LogP contribution in [0.5, 0.6) is 0 Å². The molecule has 0 aliphatic carbocycles. The summed E-state index contributed by atoms with van der Waals surface area (Å²) in [5.41, 5.74) is 2.28. The topological polar surface area (TPSA) is 78.4 Å². The predicted molar refractivity (Wildman–Crippen MR) is 75.1 cm³/mol. The fourth-order valence-electron chi connectivity index (χ4n) is 1.47. The smallest absolute Gasteiger partial charge is 0.328 e. The fourth-order valence-corrected chi connectivity index (χ4v) is 1.47. The molecule has 1 aromatic rings. The number of aliphatic carboxylic acids is 1. The molecule has 0 radical (unpaired) electrons. The van der Waals surface area contributed by atoms with Gasteiger partial charge in [-0.15, -0.1) is 0 Å². The maximum absolute atomic E-state index is 11.6. The Morgan fingerprint density at radius 2 is 2.00 bits per heavy atom. The minimum Gasteiger partial charge on any atom is -0.478 e. The van der Waals surface area contributed by atoms with Gasteiger partial charge in [0, 0.05) is 17.8 Å². The van der Waals surface area contributed by atoms with Crippen LogP contribution in [0.25, 0.3) is 6.08 Å². The number of hydrogen-bond acceptors (Lipinski definition) is 2. The van der Waals surface area contributed by atoms with Gasteiger partial charge in [0.2, 0.25) is 0 Å². The molecule has 19 heavy (non-hydrogen) atoms. The molecule has 0 aromatic heterocycles. The molecule has 0 saturated heterocycles. The number of benzene rings is 1. The number of rotatable bonds is 4. The SMILES string of the molecule is Cc1ccc(/C=C/C(=O)O)cc1NC(=O)NC(C)C. The molecule has 0 bridgehead atoms. The number of hydrogen-bond donors (Lipinski definition) is 3. The second-order valence-electron chi connectivity index (χ2n) is 4.50. The number of urea groups is 1. The van der Waals surface area contributed by atoms with Crippen LogP contribution in [0.15, 0.2) is 24.3 Å². The second kappa shape index (κ2) is 6.58. The molecule has 0 atom stereocenters. The Kier molecular flexibility index (Phi) is 5.11. The maximum Gasteiger partial charge on any atom is 0.328 e. The summed E-state index contributed by atoms with van der Waals surface area (Å²) >= 11 is 0. The Bertz CT molecular complexity index is 507. The summed E-state index contributed by atoms with van der Waals surface area (Å²) < 4.78 is 0. The largest absolute Gasteiger partial charge is 0.478 e. The van der Waals surface area contributed by atoms with Gasteiger partial charge in [-0.05, 0) is 44.0 Å². The van der Waals surface area contributed by atoms with E-state index in [1.165, 1.54) is 6.08 Å². The van der Waals surface area contributed by atoms with Crippen LogP contribution in [0, 0.1) is 6.92 Å². The van der Waals surface area contributed by atoms with E-state index >= 15 is 0 Å². The summed E-state index contributed by atoms with van der Waals surface area (Å²) in [6.45, 7) is 5.62. The summed E-state index contributed by atoms with van der Waals surface area (Å²) in [6.07, 6.45) is 2.54. The van der Waals surface area contributed by atoms with Gasteiger partial charge in [-0.2, -0.15) is 0 Å². The molecular weight excluding hydrogens is 244 g/mol. The first-order valence-corrected chi connectivity index (χ1v) is 5.97. The van der Waals surface area contributed by atoms with E-state index in [0.717, 1.165) is 11.6 Å². The van der Waals surface area contributed by atoms with E-state index in [-0.39, 0.29) is 12.1 Å². The summed E-state index contributed by atoms with van der Waals surface area (Å²) in [5, 5.41) is 14.0. The molecular formula is C14H18N2O3. The van der Waals surface area contributed by atoms with Crippen LogP contribution >= 0.6 is 0 Å². The molecule has 0 heterocycles. The molecule has 0 fully saturated rings. The molecule has 2 amide bonds. The number of carbonyl (C=O) groups is 2. The first kappa shape index (κ1) is 14.8. The Hall–Kier alpha value is -2.30. The van der Waals surface area contributed by atoms with E-state index in [0.29, 0.717) is 11.3 Å².